The van der Waals surface area contributed by atoms with Gasteiger partial charge in [-0.15, -0.1) is 10.2 Å². The fourth-order valence-electron chi connectivity index (χ4n) is 4.34. The van der Waals surface area contributed by atoms with Crippen molar-refractivity contribution in [1.82, 2.24) is 19.6 Å². The van der Waals surface area contributed by atoms with Crippen LogP contribution in [0.3, 0.4) is 0 Å². The Kier molecular flexibility index (Phi) is 7.70. The molecule has 0 aliphatic carbocycles. The molecule has 2 heterocycles. The molecule has 0 amide bonds. The second kappa shape index (κ2) is 11.1. The lowest BCUT2D eigenvalue weighted by Gasteiger charge is -2.10. The van der Waals surface area contributed by atoms with Crippen molar-refractivity contribution in [2.75, 3.05) is 7.11 Å². The van der Waals surface area contributed by atoms with Gasteiger partial charge in [0.25, 0.3) is 0 Å². The van der Waals surface area contributed by atoms with Gasteiger partial charge in [-0.05, 0) is 18.6 Å². The van der Waals surface area contributed by atoms with E-state index >= 15 is 0 Å². The summed E-state index contributed by atoms with van der Waals surface area (Å²) >= 11 is 0. The van der Waals surface area contributed by atoms with Gasteiger partial charge >= 0.3 is 0 Å². The van der Waals surface area contributed by atoms with Crippen LogP contribution in [0.4, 0.5) is 0 Å². The van der Waals surface area contributed by atoms with Crippen LogP contribution in [0, 0.1) is 0 Å². The van der Waals surface area contributed by atoms with Crippen LogP contribution in [0.5, 0.6) is 5.75 Å². The fourth-order valence-corrected chi connectivity index (χ4v) is 4.34. The number of hydrogen-bond donors (Lipinski definition) is 0. The van der Waals surface area contributed by atoms with E-state index in [0.29, 0.717) is 0 Å². The minimum atomic E-state index is 0.808. The summed E-state index contributed by atoms with van der Waals surface area (Å²) in [6, 6.07) is 16.2. The molecule has 0 radical (unpaired) electrons. The summed E-state index contributed by atoms with van der Waals surface area (Å²) in [5.41, 5.74) is 4.65. The maximum absolute atomic E-state index is 5.48. The van der Waals surface area contributed by atoms with Crippen LogP contribution in [0.15, 0.2) is 48.5 Å². The van der Waals surface area contributed by atoms with Crippen LogP contribution < -0.4 is 4.74 Å². The maximum atomic E-state index is 5.48. The minimum Gasteiger partial charge on any atom is -0.497 e. The third-order valence-electron chi connectivity index (χ3n) is 6.15. The molecule has 0 N–H and O–H groups in total. The molecular formula is C27H34N4O. The summed E-state index contributed by atoms with van der Waals surface area (Å²) in [7, 11) is 1.69. The number of aromatic nitrogens is 4. The molecule has 0 fully saturated rings. The topological polar surface area (TPSA) is 52.3 Å². The predicted molar refractivity (Wildman–Crippen MR) is 131 cm³/mol. The zero-order valence-corrected chi connectivity index (χ0v) is 19.4. The zero-order chi connectivity index (χ0) is 22.2. The quantitative estimate of drug-likeness (QED) is 0.226. The summed E-state index contributed by atoms with van der Waals surface area (Å²) < 4.78 is 7.66. The van der Waals surface area contributed by atoms with E-state index < -0.39 is 0 Å². The van der Waals surface area contributed by atoms with Crippen LogP contribution in [0.2, 0.25) is 0 Å². The van der Waals surface area contributed by atoms with Crippen LogP contribution in [-0.4, -0.2) is 26.7 Å². The lowest BCUT2D eigenvalue weighted by molar-refractivity contribution is 0.415. The molecular weight excluding hydrogens is 396 g/mol. The van der Waals surface area contributed by atoms with Crippen molar-refractivity contribution in [2.24, 2.45) is 0 Å². The molecule has 2 aromatic carbocycles. The second-order valence-corrected chi connectivity index (χ2v) is 8.53. The molecule has 4 aromatic rings. The molecule has 0 aliphatic heterocycles. The molecule has 0 spiro atoms. The number of aryl methyl sites for hydroxylation is 1. The Morgan fingerprint density at radius 2 is 1.53 bits per heavy atom. The lowest BCUT2D eigenvalue weighted by Crippen LogP contribution is -2.01. The van der Waals surface area contributed by atoms with Crippen molar-refractivity contribution in [3.05, 3.63) is 54.4 Å². The number of hydrogen-bond acceptors (Lipinski definition) is 4. The smallest absolute Gasteiger partial charge is 0.187 e. The third kappa shape index (κ3) is 5.09. The highest BCUT2D eigenvalue weighted by molar-refractivity contribution is 5.86. The third-order valence-corrected chi connectivity index (χ3v) is 6.15. The van der Waals surface area contributed by atoms with E-state index in [2.05, 4.69) is 33.7 Å². The Labute approximate surface area is 190 Å². The van der Waals surface area contributed by atoms with Gasteiger partial charge in [-0.3, -0.25) is 4.40 Å². The number of rotatable bonds is 12. The van der Waals surface area contributed by atoms with Crippen LogP contribution in [0.1, 0.15) is 70.5 Å². The number of benzene rings is 2. The minimum absolute atomic E-state index is 0.808. The SMILES string of the molecule is CCCCCCCCCCCc1nnc2c(-c3ccccc3)nc3ccc(OC)cc3n12. The Balaban J connectivity index is 1.55. The van der Waals surface area contributed by atoms with Gasteiger partial charge < -0.3 is 4.74 Å². The van der Waals surface area contributed by atoms with E-state index in [1.54, 1.807) is 7.11 Å². The zero-order valence-electron chi connectivity index (χ0n) is 19.4. The van der Waals surface area contributed by atoms with Crippen LogP contribution >= 0.6 is 0 Å². The molecule has 5 heteroatoms. The second-order valence-electron chi connectivity index (χ2n) is 8.53. The van der Waals surface area contributed by atoms with Crippen LogP contribution in [0.25, 0.3) is 27.9 Å². The Morgan fingerprint density at radius 1 is 0.812 bits per heavy atom. The largest absolute Gasteiger partial charge is 0.497 e. The first-order valence-electron chi connectivity index (χ1n) is 12.1. The van der Waals surface area contributed by atoms with E-state index in [0.717, 1.165) is 52.4 Å². The molecule has 0 atom stereocenters. The maximum Gasteiger partial charge on any atom is 0.187 e. The summed E-state index contributed by atoms with van der Waals surface area (Å²) in [6.45, 7) is 2.27. The Bertz CT molecular complexity index is 1140. The van der Waals surface area contributed by atoms with Gasteiger partial charge in [0, 0.05) is 18.1 Å². The van der Waals surface area contributed by atoms with E-state index in [9.17, 15) is 0 Å². The molecule has 0 saturated heterocycles. The molecule has 0 saturated carbocycles. The van der Waals surface area contributed by atoms with Gasteiger partial charge in [0.05, 0.1) is 18.1 Å². The van der Waals surface area contributed by atoms with Gasteiger partial charge in [0.15, 0.2) is 5.65 Å². The highest BCUT2D eigenvalue weighted by Crippen LogP contribution is 2.28. The van der Waals surface area contributed by atoms with Crippen molar-refractivity contribution in [1.29, 1.82) is 0 Å². The lowest BCUT2D eigenvalue weighted by atomic mass is 10.1. The number of methoxy groups -OCH3 is 1. The molecule has 5 nitrogen and oxygen atoms in total. The highest BCUT2D eigenvalue weighted by Gasteiger charge is 2.16. The van der Waals surface area contributed by atoms with Gasteiger partial charge in [0.1, 0.15) is 17.3 Å². The van der Waals surface area contributed by atoms with Crippen molar-refractivity contribution in [2.45, 2.75) is 71.1 Å². The number of ether oxygens (including phenoxy) is 1. The van der Waals surface area contributed by atoms with Gasteiger partial charge in [0.2, 0.25) is 0 Å². The first-order chi connectivity index (χ1) is 15.8. The van der Waals surface area contributed by atoms with Crippen molar-refractivity contribution >= 4 is 16.7 Å². The first-order valence-corrected chi connectivity index (χ1v) is 12.1. The van der Waals surface area contributed by atoms with Crippen molar-refractivity contribution in [3.63, 3.8) is 0 Å². The Hall–Kier alpha value is -2.95. The number of unbranched alkanes of at least 4 members (excludes halogenated alkanes) is 8. The summed E-state index contributed by atoms with van der Waals surface area (Å²) in [5.74, 6) is 1.82. The van der Waals surface area contributed by atoms with E-state index in [1.807, 2.05) is 36.4 Å². The average Bonchev–Trinajstić information content (AvgIpc) is 3.27. The van der Waals surface area contributed by atoms with Crippen molar-refractivity contribution < 1.29 is 4.74 Å². The van der Waals surface area contributed by atoms with Gasteiger partial charge in [-0.2, -0.15) is 0 Å². The van der Waals surface area contributed by atoms with Gasteiger partial charge in [-0.25, -0.2) is 4.98 Å². The van der Waals surface area contributed by atoms with Gasteiger partial charge in [-0.1, -0.05) is 88.6 Å². The summed E-state index contributed by atoms with van der Waals surface area (Å²) in [4.78, 5) is 4.93. The van der Waals surface area contributed by atoms with Crippen LogP contribution in [-0.2, 0) is 6.42 Å². The normalized spacial score (nSPS) is 11.4. The summed E-state index contributed by atoms with van der Waals surface area (Å²) in [6.07, 6.45) is 12.7. The Morgan fingerprint density at radius 3 is 2.25 bits per heavy atom. The van der Waals surface area contributed by atoms with E-state index in [4.69, 9.17) is 9.72 Å². The average molecular weight is 431 g/mol. The standard InChI is InChI=1S/C27H34N4O/c1-3-4-5-6-7-8-9-10-14-17-25-29-30-27-26(21-15-12-11-13-16-21)28-23-19-18-22(32-2)20-24(23)31(25)27/h11-13,15-16,18-20H,3-10,14,17H2,1-2H3. The molecule has 4 rings (SSSR count). The number of fused-ring (bicyclic) bond motifs is 3. The summed E-state index contributed by atoms with van der Waals surface area (Å²) in [5, 5.41) is 9.15. The molecule has 2 aromatic heterocycles. The number of nitrogens with zero attached hydrogens (tertiary/aromatic N) is 4. The monoisotopic (exact) mass is 430 g/mol. The predicted octanol–water partition coefficient (Wildman–Crippen LogP) is 7.03. The molecule has 0 unspecified atom stereocenters. The van der Waals surface area contributed by atoms with E-state index in [1.165, 1.54) is 51.4 Å². The molecule has 0 aliphatic rings. The van der Waals surface area contributed by atoms with E-state index in [-0.39, 0.29) is 0 Å². The molecule has 0 bridgehead atoms. The molecule has 32 heavy (non-hydrogen) atoms. The van der Waals surface area contributed by atoms with Crippen molar-refractivity contribution in [3.8, 4) is 17.0 Å². The fraction of sp³-hybridized carbons (Fsp3) is 0.444. The first kappa shape index (κ1) is 22.3. The molecule has 168 valence electrons. The highest BCUT2D eigenvalue weighted by atomic mass is 16.5.